The summed E-state index contributed by atoms with van der Waals surface area (Å²) in [5, 5.41) is 77.9. The van der Waals surface area contributed by atoms with E-state index < -0.39 is 23.5 Å². The Bertz CT molecular complexity index is 2310. The van der Waals surface area contributed by atoms with Crippen molar-refractivity contribution < 1.29 is 45.0 Å². The number of furan rings is 1. The molecule has 3 unspecified atom stereocenters. The van der Waals surface area contributed by atoms with Gasteiger partial charge in [0.1, 0.15) is 51.6 Å². The predicted octanol–water partition coefficient (Wildman–Crippen LogP) is 9.77. The molecule has 0 fully saturated rings. The molecule has 0 amide bonds. The Morgan fingerprint density at radius 3 is 2.00 bits per heavy atom. The van der Waals surface area contributed by atoms with Crippen LogP contribution in [0.2, 0.25) is 0 Å². The molecular weight excluding hydrogens is 672 g/mol. The van der Waals surface area contributed by atoms with Crippen molar-refractivity contribution in [2.45, 2.75) is 65.7 Å². The molecular formula is C44H44O9. The molecule has 274 valence electrons. The number of Topliss-reactive ketones (excluding diaryl/α,β-unsaturated/α-hetero) is 1. The van der Waals surface area contributed by atoms with Gasteiger partial charge in [0.15, 0.2) is 5.78 Å². The predicted molar refractivity (Wildman–Crippen MR) is 204 cm³/mol. The molecule has 0 bridgehead atoms. The van der Waals surface area contributed by atoms with Crippen molar-refractivity contribution in [3.63, 3.8) is 0 Å². The number of fused-ring (bicyclic) bond motifs is 1. The summed E-state index contributed by atoms with van der Waals surface area (Å²) in [6.45, 7) is 9.54. The van der Waals surface area contributed by atoms with Gasteiger partial charge < -0.3 is 40.2 Å². The largest absolute Gasteiger partial charge is 0.508 e. The zero-order valence-electron chi connectivity index (χ0n) is 30.3. The first kappa shape index (κ1) is 36.7. The second kappa shape index (κ2) is 14.5. The van der Waals surface area contributed by atoms with Crippen molar-refractivity contribution in [1.29, 1.82) is 0 Å². The number of hydrogen-bond donors (Lipinski definition) is 7. The van der Waals surface area contributed by atoms with E-state index in [-0.39, 0.29) is 63.4 Å². The molecule has 1 aliphatic carbocycles. The summed E-state index contributed by atoms with van der Waals surface area (Å²) in [4.78, 5) is 14.8. The van der Waals surface area contributed by atoms with Crippen LogP contribution < -0.4 is 0 Å². The Morgan fingerprint density at radius 1 is 0.736 bits per heavy atom. The van der Waals surface area contributed by atoms with Crippen LogP contribution in [0.15, 0.2) is 100 Å². The highest BCUT2D eigenvalue weighted by Gasteiger charge is 2.43. The summed E-state index contributed by atoms with van der Waals surface area (Å²) >= 11 is 0. The van der Waals surface area contributed by atoms with Crippen molar-refractivity contribution in [3.8, 4) is 51.6 Å². The molecule has 1 aliphatic rings. The highest BCUT2D eigenvalue weighted by molar-refractivity contribution is 6.02. The van der Waals surface area contributed by atoms with Crippen LogP contribution in [-0.4, -0.2) is 41.5 Å². The van der Waals surface area contributed by atoms with Crippen LogP contribution in [0.3, 0.4) is 0 Å². The molecule has 3 atom stereocenters. The highest BCUT2D eigenvalue weighted by atomic mass is 16.3. The standard InChI is InChI=1S/C44H44O9/c1-22(2)6-10-29-34(46)15-13-31(42(29)51)43(52)40-32(28-12-9-27(45)21-36(28)48)16-24(5)17-33(40)41-37(49)18-26(19-38(41)50)39-20-25-8-14-35(47)30(44(25)53-39)11-7-23(3)4/h6-9,12-15,17-21,32-33,40,45-51H,10-11,16H2,1-5H3. The van der Waals surface area contributed by atoms with Crippen molar-refractivity contribution >= 4 is 16.8 Å². The normalized spacial score (nSPS) is 17.0. The van der Waals surface area contributed by atoms with E-state index in [9.17, 15) is 40.5 Å². The number of carbonyl (C=O) groups excluding carboxylic acids is 1. The van der Waals surface area contributed by atoms with Gasteiger partial charge in [0.25, 0.3) is 0 Å². The second-order valence-corrected chi connectivity index (χ2v) is 14.4. The van der Waals surface area contributed by atoms with Crippen molar-refractivity contribution in [2.75, 3.05) is 0 Å². The number of phenolic OH excluding ortho intramolecular Hbond substituents is 7. The highest BCUT2D eigenvalue weighted by Crippen LogP contribution is 2.53. The number of rotatable bonds is 9. The van der Waals surface area contributed by atoms with Crippen LogP contribution in [0.25, 0.3) is 22.3 Å². The molecule has 9 heteroatoms. The first-order valence-electron chi connectivity index (χ1n) is 17.5. The number of carbonyl (C=O) groups is 1. The van der Waals surface area contributed by atoms with Gasteiger partial charge in [0.05, 0.1) is 5.56 Å². The van der Waals surface area contributed by atoms with E-state index in [2.05, 4.69) is 0 Å². The van der Waals surface area contributed by atoms with Crippen LogP contribution in [0.4, 0.5) is 0 Å². The Labute approximate surface area is 307 Å². The average molecular weight is 717 g/mol. The maximum absolute atomic E-state index is 14.8. The molecule has 9 nitrogen and oxygen atoms in total. The number of phenols is 7. The smallest absolute Gasteiger partial charge is 0.171 e. The fourth-order valence-corrected chi connectivity index (χ4v) is 7.37. The van der Waals surface area contributed by atoms with Crippen LogP contribution in [0.1, 0.15) is 85.5 Å². The lowest BCUT2D eigenvalue weighted by Gasteiger charge is -2.37. The van der Waals surface area contributed by atoms with E-state index in [1.54, 1.807) is 24.3 Å². The number of benzene rings is 4. The van der Waals surface area contributed by atoms with E-state index >= 15 is 0 Å². The monoisotopic (exact) mass is 716 g/mol. The molecule has 0 spiro atoms. The molecule has 7 N–H and O–H groups in total. The van der Waals surface area contributed by atoms with Crippen LogP contribution in [-0.2, 0) is 12.8 Å². The zero-order chi connectivity index (χ0) is 38.3. The first-order valence-corrected chi connectivity index (χ1v) is 17.5. The molecule has 53 heavy (non-hydrogen) atoms. The summed E-state index contributed by atoms with van der Waals surface area (Å²) in [7, 11) is 0. The van der Waals surface area contributed by atoms with Crippen LogP contribution in [0.5, 0.6) is 40.2 Å². The SMILES string of the molecule is CC(C)=CCc1c(O)ccc(C(=O)C2C(c3c(O)cc(-c4cc5ccc(O)c(CC=C(C)C)c5o4)cc3O)C=C(C)CC2c2ccc(O)cc2O)c1O. The number of hydrogen-bond acceptors (Lipinski definition) is 9. The minimum atomic E-state index is -1.07. The lowest BCUT2D eigenvalue weighted by molar-refractivity contribution is 0.0876. The van der Waals surface area contributed by atoms with E-state index in [0.29, 0.717) is 40.9 Å². The summed E-state index contributed by atoms with van der Waals surface area (Å²) in [6.07, 6.45) is 6.54. The topological polar surface area (TPSA) is 172 Å². The van der Waals surface area contributed by atoms with Crippen LogP contribution >= 0.6 is 0 Å². The fourth-order valence-electron chi connectivity index (χ4n) is 7.37. The van der Waals surface area contributed by atoms with E-state index in [0.717, 1.165) is 22.1 Å². The Kier molecular flexibility index (Phi) is 10.0. The molecule has 5 aromatic rings. The molecule has 1 aromatic heterocycles. The average Bonchev–Trinajstić information content (AvgIpc) is 3.51. The van der Waals surface area contributed by atoms with Gasteiger partial charge in [-0.1, -0.05) is 41.0 Å². The number of ketones is 1. The molecule has 4 aromatic carbocycles. The van der Waals surface area contributed by atoms with Gasteiger partial charge in [0.2, 0.25) is 0 Å². The van der Waals surface area contributed by atoms with E-state index in [4.69, 9.17) is 4.42 Å². The second-order valence-electron chi connectivity index (χ2n) is 14.4. The summed E-state index contributed by atoms with van der Waals surface area (Å²) in [5.74, 6) is -4.40. The minimum absolute atomic E-state index is 0.0591. The molecule has 0 saturated carbocycles. The van der Waals surface area contributed by atoms with Gasteiger partial charge in [-0.05, 0) is 108 Å². The van der Waals surface area contributed by atoms with Gasteiger partial charge in [-0.3, -0.25) is 4.79 Å². The fraction of sp³-hybridized carbons (Fsp3) is 0.250. The third-order valence-corrected chi connectivity index (χ3v) is 10.0. The summed E-state index contributed by atoms with van der Waals surface area (Å²) < 4.78 is 6.22. The maximum atomic E-state index is 14.8. The Balaban J connectivity index is 1.49. The van der Waals surface area contributed by atoms with Gasteiger partial charge >= 0.3 is 0 Å². The van der Waals surface area contributed by atoms with Crippen molar-refractivity contribution in [2.24, 2.45) is 5.92 Å². The molecule has 0 saturated heterocycles. The quantitative estimate of drug-likeness (QED) is 0.0579. The number of allylic oxidation sites excluding steroid dienone is 6. The Morgan fingerprint density at radius 2 is 1.36 bits per heavy atom. The lowest BCUT2D eigenvalue weighted by atomic mass is 9.65. The maximum Gasteiger partial charge on any atom is 0.171 e. The molecule has 0 radical (unpaired) electrons. The van der Waals surface area contributed by atoms with Gasteiger partial charge in [-0.25, -0.2) is 0 Å². The van der Waals surface area contributed by atoms with Gasteiger partial charge in [-0.15, -0.1) is 0 Å². The van der Waals surface area contributed by atoms with Crippen LogP contribution in [0, 0.1) is 5.92 Å². The summed E-state index contributed by atoms with van der Waals surface area (Å²) in [5.41, 5.74) is 4.85. The third-order valence-electron chi connectivity index (χ3n) is 10.0. The van der Waals surface area contributed by atoms with Crippen molar-refractivity contribution in [3.05, 3.63) is 123 Å². The molecule has 6 rings (SSSR count). The minimum Gasteiger partial charge on any atom is -0.508 e. The Hall–Kier alpha value is -6.09. The van der Waals surface area contributed by atoms with Gasteiger partial charge in [0, 0.05) is 51.5 Å². The zero-order valence-corrected chi connectivity index (χ0v) is 30.3. The van der Waals surface area contributed by atoms with Crippen molar-refractivity contribution in [1.82, 2.24) is 0 Å². The molecule has 1 heterocycles. The summed E-state index contributed by atoms with van der Waals surface area (Å²) in [6, 6.07) is 14.8. The third kappa shape index (κ3) is 7.20. The molecule has 0 aliphatic heterocycles. The first-order chi connectivity index (χ1) is 25.1. The van der Waals surface area contributed by atoms with E-state index in [1.807, 2.05) is 46.8 Å². The number of aromatic hydroxyl groups is 7. The van der Waals surface area contributed by atoms with Gasteiger partial charge in [-0.2, -0.15) is 0 Å². The van der Waals surface area contributed by atoms with E-state index in [1.165, 1.54) is 42.5 Å². The lowest BCUT2D eigenvalue weighted by Crippen LogP contribution is -2.31.